The number of nitrogens with two attached hydrogens (primary N) is 1. The Kier molecular flexibility index (Phi) is 4.83. The minimum Gasteiger partial charge on any atom is -0.477 e. The van der Waals surface area contributed by atoms with E-state index in [2.05, 4.69) is 13.0 Å². The van der Waals surface area contributed by atoms with Crippen molar-refractivity contribution in [3.8, 4) is 11.9 Å². The van der Waals surface area contributed by atoms with Crippen LogP contribution in [0.1, 0.15) is 31.0 Å². The Bertz CT molecular complexity index is 658. The van der Waals surface area contributed by atoms with E-state index in [1.54, 1.807) is 22.8 Å². The Labute approximate surface area is 123 Å². The SMILES string of the molecule is CCCCOc1c(N)cc(C#N)n1Cc1cccc(F)c1. The molecule has 2 rings (SSSR count). The van der Waals surface area contributed by atoms with Gasteiger partial charge in [-0.2, -0.15) is 5.26 Å². The molecule has 1 heterocycles. The van der Waals surface area contributed by atoms with E-state index in [0.29, 0.717) is 30.4 Å². The molecule has 2 N–H and O–H groups in total. The second kappa shape index (κ2) is 6.80. The fourth-order valence-electron chi connectivity index (χ4n) is 2.09. The maximum absolute atomic E-state index is 13.3. The van der Waals surface area contributed by atoms with E-state index >= 15 is 0 Å². The molecule has 0 radical (unpaired) electrons. The van der Waals surface area contributed by atoms with Gasteiger partial charge in [0.25, 0.3) is 0 Å². The van der Waals surface area contributed by atoms with Gasteiger partial charge in [0.1, 0.15) is 17.6 Å². The van der Waals surface area contributed by atoms with Crippen molar-refractivity contribution in [2.75, 3.05) is 12.3 Å². The topological polar surface area (TPSA) is 64.0 Å². The third-order valence-corrected chi connectivity index (χ3v) is 3.16. The molecule has 0 saturated carbocycles. The van der Waals surface area contributed by atoms with Gasteiger partial charge in [-0.25, -0.2) is 4.39 Å². The number of hydrogen-bond acceptors (Lipinski definition) is 3. The Morgan fingerprint density at radius 1 is 1.38 bits per heavy atom. The largest absolute Gasteiger partial charge is 0.477 e. The van der Waals surface area contributed by atoms with Gasteiger partial charge in [-0.15, -0.1) is 0 Å². The molecule has 4 nitrogen and oxygen atoms in total. The molecule has 110 valence electrons. The van der Waals surface area contributed by atoms with E-state index in [1.807, 2.05) is 0 Å². The van der Waals surface area contributed by atoms with Gasteiger partial charge < -0.3 is 10.5 Å². The molecule has 0 aliphatic heterocycles. The van der Waals surface area contributed by atoms with Crippen LogP contribution in [0.3, 0.4) is 0 Å². The maximum Gasteiger partial charge on any atom is 0.218 e. The first kappa shape index (κ1) is 14.9. The summed E-state index contributed by atoms with van der Waals surface area (Å²) in [7, 11) is 0. The van der Waals surface area contributed by atoms with E-state index in [1.165, 1.54) is 12.1 Å². The van der Waals surface area contributed by atoms with Crippen molar-refractivity contribution in [2.24, 2.45) is 0 Å². The predicted octanol–water partition coefficient (Wildman–Crippen LogP) is 3.31. The van der Waals surface area contributed by atoms with Gasteiger partial charge in [0.05, 0.1) is 18.8 Å². The van der Waals surface area contributed by atoms with Crippen molar-refractivity contribution in [3.63, 3.8) is 0 Å². The highest BCUT2D eigenvalue weighted by Crippen LogP contribution is 2.28. The molecule has 2 aromatic rings. The molecule has 0 fully saturated rings. The number of aromatic nitrogens is 1. The Hall–Kier alpha value is -2.48. The summed E-state index contributed by atoms with van der Waals surface area (Å²) in [5, 5.41) is 9.20. The average Bonchev–Trinajstić information content (AvgIpc) is 2.76. The quantitative estimate of drug-likeness (QED) is 0.829. The van der Waals surface area contributed by atoms with Gasteiger partial charge in [-0.3, -0.25) is 4.57 Å². The second-order valence-corrected chi connectivity index (χ2v) is 4.82. The van der Waals surface area contributed by atoms with Crippen molar-refractivity contribution in [1.82, 2.24) is 4.57 Å². The highest BCUT2D eigenvalue weighted by Gasteiger charge is 2.15. The minimum atomic E-state index is -0.306. The first-order valence-corrected chi connectivity index (χ1v) is 6.92. The summed E-state index contributed by atoms with van der Waals surface area (Å²) in [4.78, 5) is 0. The number of benzene rings is 1. The number of unbranched alkanes of at least 4 members (excludes halogenated alkanes) is 1. The maximum atomic E-state index is 13.3. The molecule has 0 atom stereocenters. The van der Waals surface area contributed by atoms with Gasteiger partial charge in [0.15, 0.2) is 0 Å². The first-order chi connectivity index (χ1) is 10.2. The predicted molar refractivity (Wildman–Crippen MR) is 79.5 cm³/mol. The van der Waals surface area contributed by atoms with Gasteiger partial charge in [-0.05, 0) is 24.1 Å². The smallest absolute Gasteiger partial charge is 0.218 e. The van der Waals surface area contributed by atoms with E-state index < -0.39 is 0 Å². The van der Waals surface area contributed by atoms with Crippen LogP contribution in [0.2, 0.25) is 0 Å². The number of anilines is 1. The number of hydrogen-bond donors (Lipinski definition) is 1. The molecule has 0 aliphatic carbocycles. The lowest BCUT2D eigenvalue weighted by molar-refractivity contribution is 0.287. The van der Waals surface area contributed by atoms with Crippen LogP contribution in [-0.2, 0) is 6.54 Å². The van der Waals surface area contributed by atoms with Crippen LogP contribution in [0, 0.1) is 17.1 Å². The molecular weight excluding hydrogens is 269 g/mol. The molecule has 0 spiro atoms. The van der Waals surface area contributed by atoms with Crippen LogP contribution >= 0.6 is 0 Å². The number of nitrogens with zero attached hydrogens (tertiary/aromatic N) is 2. The van der Waals surface area contributed by atoms with Crippen LogP contribution in [0.5, 0.6) is 5.88 Å². The lowest BCUT2D eigenvalue weighted by Gasteiger charge is -2.12. The van der Waals surface area contributed by atoms with Gasteiger partial charge >= 0.3 is 0 Å². The Balaban J connectivity index is 2.30. The van der Waals surface area contributed by atoms with Crippen LogP contribution in [0.25, 0.3) is 0 Å². The zero-order valence-corrected chi connectivity index (χ0v) is 12.0. The van der Waals surface area contributed by atoms with Crippen LogP contribution < -0.4 is 10.5 Å². The first-order valence-electron chi connectivity index (χ1n) is 6.92. The van der Waals surface area contributed by atoms with Crippen molar-refractivity contribution in [2.45, 2.75) is 26.3 Å². The van der Waals surface area contributed by atoms with Crippen molar-refractivity contribution in [3.05, 3.63) is 47.4 Å². The summed E-state index contributed by atoms with van der Waals surface area (Å²) in [6.07, 6.45) is 1.92. The number of ether oxygens (including phenoxy) is 1. The second-order valence-electron chi connectivity index (χ2n) is 4.82. The van der Waals surface area contributed by atoms with Crippen molar-refractivity contribution < 1.29 is 9.13 Å². The molecule has 1 aromatic heterocycles. The summed E-state index contributed by atoms with van der Waals surface area (Å²) in [5.74, 6) is 0.170. The molecule has 1 aromatic carbocycles. The van der Waals surface area contributed by atoms with Gasteiger partial charge in [0.2, 0.25) is 5.88 Å². The Morgan fingerprint density at radius 2 is 2.19 bits per heavy atom. The minimum absolute atomic E-state index is 0.306. The molecule has 0 amide bonds. The van der Waals surface area contributed by atoms with Crippen molar-refractivity contribution in [1.29, 1.82) is 5.26 Å². The third kappa shape index (κ3) is 3.54. The standard InChI is InChI=1S/C16H18FN3O/c1-2-3-7-21-16-15(19)9-14(10-18)20(16)11-12-5-4-6-13(17)8-12/h4-6,8-9H,2-3,7,11,19H2,1H3. The summed E-state index contributed by atoms with van der Waals surface area (Å²) in [6, 6.07) is 9.94. The van der Waals surface area contributed by atoms with E-state index in [9.17, 15) is 9.65 Å². The highest BCUT2D eigenvalue weighted by atomic mass is 19.1. The number of halogens is 1. The molecule has 21 heavy (non-hydrogen) atoms. The molecular formula is C16H18FN3O. The van der Waals surface area contributed by atoms with E-state index in [4.69, 9.17) is 10.5 Å². The van der Waals surface area contributed by atoms with E-state index in [-0.39, 0.29) is 5.82 Å². The molecule has 0 bridgehead atoms. The van der Waals surface area contributed by atoms with Crippen LogP contribution in [0.15, 0.2) is 30.3 Å². The molecule has 0 saturated heterocycles. The molecule has 0 unspecified atom stereocenters. The normalized spacial score (nSPS) is 10.3. The lowest BCUT2D eigenvalue weighted by Crippen LogP contribution is -2.08. The monoisotopic (exact) mass is 287 g/mol. The fourth-order valence-corrected chi connectivity index (χ4v) is 2.09. The van der Waals surface area contributed by atoms with Crippen LogP contribution in [0.4, 0.5) is 10.1 Å². The molecule has 0 aliphatic rings. The third-order valence-electron chi connectivity index (χ3n) is 3.16. The summed E-state index contributed by atoms with van der Waals surface area (Å²) in [5.41, 5.74) is 7.50. The van der Waals surface area contributed by atoms with Crippen LogP contribution in [-0.4, -0.2) is 11.2 Å². The molecule has 5 heteroatoms. The zero-order valence-electron chi connectivity index (χ0n) is 12.0. The summed E-state index contributed by atoms with van der Waals surface area (Å²) in [6.45, 7) is 2.96. The highest BCUT2D eigenvalue weighted by molar-refractivity contribution is 5.55. The summed E-state index contributed by atoms with van der Waals surface area (Å²) >= 11 is 0. The Morgan fingerprint density at radius 3 is 2.86 bits per heavy atom. The zero-order chi connectivity index (χ0) is 15.2. The number of rotatable bonds is 6. The average molecular weight is 287 g/mol. The number of nitrogen functional groups attached to an aromatic ring is 1. The summed E-state index contributed by atoms with van der Waals surface area (Å²) < 4.78 is 20.6. The number of nitriles is 1. The van der Waals surface area contributed by atoms with Crippen molar-refractivity contribution >= 4 is 5.69 Å². The van der Waals surface area contributed by atoms with E-state index in [0.717, 1.165) is 18.4 Å². The fraction of sp³-hybridized carbons (Fsp3) is 0.312. The van der Waals surface area contributed by atoms with Gasteiger partial charge in [0, 0.05) is 6.07 Å². The van der Waals surface area contributed by atoms with Gasteiger partial charge in [-0.1, -0.05) is 25.5 Å². The lowest BCUT2D eigenvalue weighted by atomic mass is 10.2.